The molecule has 0 aliphatic carbocycles. The van der Waals surface area contributed by atoms with E-state index in [-0.39, 0.29) is 4.90 Å². The van der Waals surface area contributed by atoms with E-state index in [4.69, 9.17) is 17.0 Å². The summed E-state index contributed by atoms with van der Waals surface area (Å²) in [4.78, 5) is 2.42. The standard InChI is InChI=1S/C23H32N4O3S2/c1-5-27(6-2)32(28,29)20-9-10-22(26-11-13-30-14-12-26)21(16-20)25-23(31)24-19-8-7-17(3)18(4)15-19/h7-10,15-16H,5-6,11-14H2,1-4H3,(H2,24,25,31). The van der Waals surface area contributed by atoms with Crippen molar-refractivity contribution in [2.45, 2.75) is 32.6 Å². The SMILES string of the molecule is CCN(CC)S(=O)(=O)c1ccc(N2CCOCC2)c(NC(=S)Nc2ccc(C)c(C)c2)c1. The summed E-state index contributed by atoms with van der Waals surface area (Å²) in [6.07, 6.45) is 0. The fourth-order valence-electron chi connectivity index (χ4n) is 3.67. The Balaban J connectivity index is 1.92. The summed E-state index contributed by atoms with van der Waals surface area (Å²) in [6, 6.07) is 11.2. The third-order valence-electron chi connectivity index (χ3n) is 5.68. The summed E-state index contributed by atoms with van der Waals surface area (Å²) in [7, 11) is -3.59. The molecule has 2 N–H and O–H groups in total. The zero-order valence-corrected chi connectivity index (χ0v) is 20.8. The molecule has 32 heavy (non-hydrogen) atoms. The lowest BCUT2D eigenvalue weighted by atomic mass is 10.1. The Kier molecular flexibility index (Phi) is 8.10. The molecule has 0 aromatic heterocycles. The number of sulfonamides is 1. The first kappa shape index (κ1) is 24.4. The van der Waals surface area contributed by atoms with Gasteiger partial charge in [0.2, 0.25) is 10.0 Å². The van der Waals surface area contributed by atoms with Crippen molar-refractivity contribution in [3.05, 3.63) is 47.5 Å². The molecule has 2 aromatic rings. The number of hydrogen-bond donors (Lipinski definition) is 2. The highest BCUT2D eigenvalue weighted by molar-refractivity contribution is 7.89. The minimum absolute atomic E-state index is 0.245. The van der Waals surface area contributed by atoms with E-state index in [0.29, 0.717) is 37.1 Å². The summed E-state index contributed by atoms with van der Waals surface area (Å²) in [5.41, 5.74) is 4.81. The van der Waals surface area contributed by atoms with E-state index in [1.54, 1.807) is 12.1 Å². The second-order valence-corrected chi connectivity index (χ2v) is 10.1. The molecule has 0 unspecified atom stereocenters. The molecular weight excluding hydrogens is 444 g/mol. The first-order valence-electron chi connectivity index (χ1n) is 10.9. The topological polar surface area (TPSA) is 73.9 Å². The summed E-state index contributed by atoms with van der Waals surface area (Å²) in [5, 5.41) is 6.84. The normalized spacial score (nSPS) is 14.5. The molecule has 0 spiro atoms. The van der Waals surface area contributed by atoms with Crippen LogP contribution in [-0.2, 0) is 14.8 Å². The Hall–Kier alpha value is -2.20. The van der Waals surface area contributed by atoms with Crippen LogP contribution in [0.1, 0.15) is 25.0 Å². The van der Waals surface area contributed by atoms with Crippen LogP contribution in [0.5, 0.6) is 0 Å². The van der Waals surface area contributed by atoms with Crippen LogP contribution in [0, 0.1) is 13.8 Å². The molecule has 9 heteroatoms. The zero-order valence-electron chi connectivity index (χ0n) is 19.1. The number of aryl methyl sites for hydroxylation is 2. The number of thiocarbonyl (C=S) groups is 1. The number of benzene rings is 2. The van der Waals surface area contributed by atoms with Gasteiger partial charge in [0, 0.05) is 31.9 Å². The van der Waals surface area contributed by atoms with Crippen molar-refractivity contribution in [2.24, 2.45) is 0 Å². The maximum atomic E-state index is 13.1. The molecule has 174 valence electrons. The maximum absolute atomic E-state index is 13.1. The van der Waals surface area contributed by atoms with E-state index < -0.39 is 10.0 Å². The molecule has 0 saturated carbocycles. The van der Waals surface area contributed by atoms with Gasteiger partial charge in [-0.25, -0.2) is 8.42 Å². The number of hydrogen-bond acceptors (Lipinski definition) is 5. The maximum Gasteiger partial charge on any atom is 0.243 e. The fraction of sp³-hybridized carbons (Fsp3) is 0.435. The van der Waals surface area contributed by atoms with Crippen molar-refractivity contribution in [1.82, 2.24) is 4.31 Å². The van der Waals surface area contributed by atoms with E-state index >= 15 is 0 Å². The van der Waals surface area contributed by atoms with Crippen LogP contribution in [-0.4, -0.2) is 57.2 Å². The van der Waals surface area contributed by atoms with Gasteiger partial charge in [-0.3, -0.25) is 0 Å². The minimum atomic E-state index is -3.59. The molecular formula is C23H32N4O3S2. The molecule has 1 aliphatic rings. The third kappa shape index (κ3) is 5.58. The van der Waals surface area contributed by atoms with E-state index in [1.807, 2.05) is 38.1 Å². The van der Waals surface area contributed by atoms with Crippen molar-refractivity contribution in [2.75, 3.05) is 54.9 Å². The van der Waals surface area contributed by atoms with Crippen LogP contribution in [0.4, 0.5) is 17.1 Å². The second-order valence-electron chi connectivity index (χ2n) is 7.75. The molecule has 1 saturated heterocycles. The number of nitrogens with zero attached hydrogens (tertiary/aromatic N) is 2. The van der Waals surface area contributed by atoms with Gasteiger partial charge in [-0.1, -0.05) is 19.9 Å². The lowest BCUT2D eigenvalue weighted by Crippen LogP contribution is -2.37. The molecule has 0 atom stereocenters. The van der Waals surface area contributed by atoms with Crippen LogP contribution < -0.4 is 15.5 Å². The average Bonchev–Trinajstić information content (AvgIpc) is 2.77. The summed E-state index contributed by atoms with van der Waals surface area (Å²) in [6.45, 7) is 11.3. The lowest BCUT2D eigenvalue weighted by molar-refractivity contribution is 0.123. The molecule has 7 nitrogen and oxygen atoms in total. The highest BCUT2D eigenvalue weighted by Crippen LogP contribution is 2.31. The highest BCUT2D eigenvalue weighted by Gasteiger charge is 2.24. The van der Waals surface area contributed by atoms with E-state index in [0.717, 1.165) is 24.5 Å². The van der Waals surface area contributed by atoms with Crippen molar-refractivity contribution in [3.8, 4) is 0 Å². The molecule has 0 bridgehead atoms. The van der Waals surface area contributed by atoms with Crippen LogP contribution in [0.25, 0.3) is 0 Å². The fourth-order valence-corrected chi connectivity index (χ4v) is 5.38. The predicted octanol–water partition coefficient (Wildman–Crippen LogP) is 3.98. The number of rotatable bonds is 7. The zero-order chi connectivity index (χ0) is 23.3. The Morgan fingerprint density at radius 2 is 1.72 bits per heavy atom. The molecule has 1 fully saturated rings. The number of morpholine rings is 1. The van der Waals surface area contributed by atoms with Gasteiger partial charge >= 0.3 is 0 Å². The summed E-state index contributed by atoms with van der Waals surface area (Å²) < 4.78 is 33.1. The Bertz CT molecular complexity index is 1060. The van der Waals surface area contributed by atoms with Crippen molar-refractivity contribution >= 4 is 44.4 Å². The quantitative estimate of drug-likeness (QED) is 0.586. The van der Waals surface area contributed by atoms with Crippen LogP contribution in [0.2, 0.25) is 0 Å². The predicted molar refractivity (Wildman–Crippen MR) is 135 cm³/mol. The number of anilines is 3. The molecule has 1 heterocycles. The van der Waals surface area contributed by atoms with Gasteiger partial charge in [-0.05, 0) is 67.5 Å². The first-order chi connectivity index (χ1) is 15.3. The van der Waals surface area contributed by atoms with Gasteiger partial charge in [-0.15, -0.1) is 0 Å². The van der Waals surface area contributed by atoms with Crippen LogP contribution >= 0.6 is 12.2 Å². The highest BCUT2D eigenvalue weighted by atomic mass is 32.2. The number of nitrogens with one attached hydrogen (secondary N) is 2. The van der Waals surface area contributed by atoms with Crippen molar-refractivity contribution in [1.29, 1.82) is 0 Å². The van der Waals surface area contributed by atoms with Gasteiger partial charge in [0.05, 0.1) is 29.5 Å². The largest absolute Gasteiger partial charge is 0.378 e. The Morgan fingerprint density at radius 1 is 1.03 bits per heavy atom. The molecule has 1 aliphatic heterocycles. The Morgan fingerprint density at radius 3 is 2.34 bits per heavy atom. The second kappa shape index (κ2) is 10.6. The molecule has 0 amide bonds. The van der Waals surface area contributed by atoms with E-state index in [2.05, 4.69) is 29.4 Å². The Labute approximate surface area is 196 Å². The van der Waals surface area contributed by atoms with Gasteiger partial charge in [-0.2, -0.15) is 4.31 Å². The first-order valence-corrected chi connectivity index (χ1v) is 12.7. The van der Waals surface area contributed by atoms with Gasteiger partial charge in [0.1, 0.15) is 0 Å². The van der Waals surface area contributed by atoms with Gasteiger partial charge in [0.15, 0.2) is 5.11 Å². The number of ether oxygens (including phenoxy) is 1. The van der Waals surface area contributed by atoms with Gasteiger partial charge in [0.25, 0.3) is 0 Å². The summed E-state index contributed by atoms with van der Waals surface area (Å²) >= 11 is 5.56. The van der Waals surface area contributed by atoms with E-state index in [1.165, 1.54) is 15.4 Å². The van der Waals surface area contributed by atoms with E-state index in [9.17, 15) is 8.42 Å². The minimum Gasteiger partial charge on any atom is -0.378 e. The molecule has 2 aromatic carbocycles. The van der Waals surface area contributed by atoms with Crippen LogP contribution in [0.15, 0.2) is 41.3 Å². The summed E-state index contributed by atoms with van der Waals surface area (Å²) in [5.74, 6) is 0. The lowest BCUT2D eigenvalue weighted by Gasteiger charge is -2.31. The smallest absolute Gasteiger partial charge is 0.243 e. The monoisotopic (exact) mass is 476 g/mol. The van der Waals surface area contributed by atoms with Crippen LogP contribution in [0.3, 0.4) is 0 Å². The molecule has 3 rings (SSSR count). The third-order valence-corrected chi connectivity index (χ3v) is 7.93. The average molecular weight is 477 g/mol. The van der Waals surface area contributed by atoms with Gasteiger partial charge < -0.3 is 20.3 Å². The molecule has 0 radical (unpaired) electrons. The van der Waals surface area contributed by atoms with Crippen molar-refractivity contribution < 1.29 is 13.2 Å². The van der Waals surface area contributed by atoms with Crippen molar-refractivity contribution in [3.63, 3.8) is 0 Å².